The number of carbonyl (C=O) groups is 2. The molecule has 5 N–H and O–H groups in total. The van der Waals surface area contributed by atoms with Gasteiger partial charge >= 0.3 is 11.9 Å². The fourth-order valence-corrected chi connectivity index (χ4v) is 0.858. The van der Waals surface area contributed by atoms with Crippen molar-refractivity contribution in [1.29, 1.82) is 0 Å². The number of carboxylic acids is 2. The number of nitrogens with one attached hydrogen (secondary N) is 2. The Balaban J connectivity index is 4.09. The van der Waals surface area contributed by atoms with Crippen LogP contribution in [0.15, 0.2) is 0 Å². The third-order valence-electron chi connectivity index (χ3n) is 1.35. The van der Waals surface area contributed by atoms with Crippen LogP contribution in [-0.4, -0.2) is 38.5 Å². The normalized spacial score (nSPS) is 11.5. The van der Waals surface area contributed by atoms with Gasteiger partial charge in [-0.15, -0.1) is 0 Å². The molecule has 0 saturated heterocycles. The van der Waals surface area contributed by atoms with Crippen molar-refractivity contribution in [2.45, 2.75) is 18.9 Å². The molecule has 0 saturated carbocycles. The molecule has 0 aromatic rings. The summed E-state index contributed by atoms with van der Waals surface area (Å²) in [4.78, 5) is 20.7. The van der Waals surface area contributed by atoms with Crippen LogP contribution in [0.2, 0.25) is 0 Å². The van der Waals surface area contributed by atoms with E-state index in [4.69, 9.17) is 15.4 Å². The SMILES string of the molecule is O=C(O)CC[C@H](NC(=S)NO)C(=O)O. The molecule has 0 heterocycles. The Labute approximate surface area is 84.7 Å². The first-order valence-corrected chi connectivity index (χ1v) is 4.03. The molecule has 80 valence electrons. The van der Waals surface area contributed by atoms with Gasteiger partial charge in [0, 0.05) is 6.42 Å². The summed E-state index contributed by atoms with van der Waals surface area (Å²) < 4.78 is 0. The average molecular weight is 222 g/mol. The molecule has 0 aliphatic rings. The van der Waals surface area contributed by atoms with E-state index in [-0.39, 0.29) is 18.0 Å². The predicted molar refractivity (Wildman–Crippen MR) is 48.9 cm³/mol. The van der Waals surface area contributed by atoms with E-state index >= 15 is 0 Å². The minimum atomic E-state index is -1.23. The van der Waals surface area contributed by atoms with E-state index in [1.165, 1.54) is 0 Å². The van der Waals surface area contributed by atoms with Crippen molar-refractivity contribution in [3.05, 3.63) is 0 Å². The van der Waals surface area contributed by atoms with E-state index in [1.54, 1.807) is 5.48 Å². The third-order valence-corrected chi connectivity index (χ3v) is 1.56. The highest BCUT2D eigenvalue weighted by molar-refractivity contribution is 7.80. The maximum atomic E-state index is 10.5. The minimum absolute atomic E-state index is 0.119. The van der Waals surface area contributed by atoms with Crippen LogP contribution in [0.4, 0.5) is 0 Å². The first kappa shape index (κ1) is 12.6. The lowest BCUT2D eigenvalue weighted by Crippen LogP contribution is -2.45. The fourth-order valence-electron chi connectivity index (χ4n) is 0.716. The van der Waals surface area contributed by atoms with E-state index in [2.05, 4.69) is 17.5 Å². The number of rotatable bonds is 5. The monoisotopic (exact) mass is 222 g/mol. The molecule has 0 unspecified atom stereocenters. The topological polar surface area (TPSA) is 119 Å². The summed E-state index contributed by atoms with van der Waals surface area (Å²) in [5.74, 6) is -2.33. The van der Waals surface area contributed by atoms with Gasteiger partial charge in [0.05, 0.1) is 0 Å². The van der Waals surface area contributed by atoms with Crippen LogP contribution >= 0.6 is 12.2 Å². The lowest BCUT2D eigenvalue weighted by molar-refractivity contribution is -0.140. The Hall–Kier alpha value is -1.41. The quantitative estimate of drug-likeness (QED) is 0.302. The molecular weight excluding hydrogens is 212 g/mol. The Kier molecular flexibility index (Phi) is 5.49. The second-order valence-electron chi connectivity index (χ2n) is 2.41. The van der Waals surface area contributed by atoms with Crippen molar-refractivity contribution in [3.63, 3.8) is 0 Å². The lowest BCUT2D eigenvalue weighted by atomic mass is 10.1. The van der Waals surface area contributed by atoms with Gasteiger partial charge in [-0.2, -0.15) is 0 Å². The molecule has 0 radical (unpaired) electrons. The number of carboxylic acid groups (broad SMARTS) is 2. The molecule has 0 aliphatic heterocycles. The summed E-state index contributed by atoms with van der Waals surface area (Å²) in [6.07, 6.45) is -0.412. The van der Waals surface area contributed by atoms with Gasteiger partial charge in [-0.05, 0) is 18.6 Å². The second-order valence-corrected chi connectivity index (χ2v) is 2.82. The molecule has 0 aromatic heterocycles. The highest BCUT2D eigenvalue weighted by atomic mass is 32.1. The smallest absolute Gasteiger partial charge is 0.326 e. The fraction of sp³-hybridized carbons (Fsp3) is 0.500. The zero-order valence-electron chi connectivity index (χ0n) is 7.06. The van der Waals surface area contributed by atoms with E-state index in [0.717, 1.165) is 0 Å². The van der Waals surface area contributed by atoms with Crippen LogP contribution in [0.3, 0.4) is 0 Å². The van der Waals surface area contributed by atoms with Gasteiger partial charge < -0.3 is 15.5 Å². The third kappa shape index (κ3) is 5.27. The van der Waals surface area contributed by atoms with Gasteiger partial charge in [0.15, 0.2) is 5.11 Å². The van der Waals surface area contributed by atoms with Gasteiger partial charge in [0.25, 0.3) is 0 Å². The van der Waals surface area contributed by atoms with Gasteiger partial charge in [-0.25, -0.2) is 10.3 Å². The Bertz CT molecular complexity index is 244. The maximum Gasteiger partial charge on any atom is 0.326 e. The largest absolute Gasteiger partial charge is 0.481 e. The molecule has 0 spiro atoms. The molecule has 0 aromatic carbocycles. The molecule has 14 heavy (non-hydrogen) atoms. The highest BCUT2D eigenvalue weighted by Crippen LogP contribution is 1.97. The van der Waals surface area contributed by atoms with Crippen molar-refractivity contribution in [2.24, 2.45) is 0 Å². The van der Waals surface area contributed by atoms with Gasteiger partial charge in [-0.3, -0.25) is 10.0 Å². The molecule has 0 amide bonds. The number of thiocarbonyl (C=S) groups is 1. The average Bonchev–Trinajstić information content (AvgIpc) is 2.10. The minimum Gasteiger partial charge on any atom is -0.481 e. The van der Waals surface area contributed by atoms with E-state index in [9.17, 15) is 9.59 Å². The van der Waals surface area contributed by atoms with Crippen molar-refractivity contribution in [1.82, 2.24) is 10.8 Å². The molecule has 7 nitrogen and oxygen atoms in total. The first-order chi connectivity index (χ1) is 6.47. The zero-order chi connectivity index (χ0) is 11.1. The number of hydrogen-bond acceptors (Lipinski definition) is 4. The van der Waals surface area contributed by atoms with Crippen LogP contribution in [-0.2, 0) is 9.59 Å². The highest BCUT2D eigenvalue weighted by Gasteiger charge is 2.18. The van der Waals surface area contributed by atoms with E-state index in [0.29, 0.717) is 0 Å². The molecule has 0 fully saturated rings. The maximum absolute atomic E-state index is 10.5. The standard InChI is InChI=1S/C6H10N2O5S/c9-4(10)2-1-3(5(11)12)7-6(14)8-13/h3,13H,1-2H2,(H,9,10)(H,11,12)(H2,7,8,14)/t3-/m0/s1. The van der Waals surface area contributed by atoms with E-state index in [1.807, 2.05) is 0 Å². The summed E-state index contributed by atoms with van der Waals surface area (Å²) in [6, 6.07) is -1.13. The Morgan fingerprint density at radius 3 is 2.29 bits per heavy atom. The molecule has 0 bridgehead atoms. The summed E-state index contributed by atoms with van der Waals surface area (Å²) in [7, 11) is 0. The molecule has 0 aliphatic carbocycles. The molecular formula is C6H10N2O5S. The van der Waals surface area contributed by atoms with Gasteiger partial charge in [0.2, 0.25) is 0 Å². The van der Waals surface area contributed by atoms with Crippen LogP contribution in [0, 0.1) is 0 Å². The van der Waals surface area contributed by atoms with E-state index < -0.39 is 18.0 Å². The summed E-state index contributed by atoms with van der Waals surface area (Å²) in [6.45, 7) is 0. The lowest BCUT2D eigenvalue weighted by Gasteiger charge is -2.13. The number of aliphatic carboxylic acids is 2. The van der Waals surface area contributed by atoms with Gasteiger partial charge in [-0.1, -0.05) is 0 Å². The Morgan fingerprint density at radius 1 is 1.36 bits per heavy atom. The molecule has 1 atom stereocenters. The second kappa shape index (κ2) is 6.11. The van der Waals surface area contributed by atoms with Crippen molar-refractivity contribution in [3.8, 4) is 0 Å². The van der Waals surface area contributed by atoms with Crippen LogP contribution in [0.25, 0.3) is 0 Å². The van der Waals surface area contributed by atoms with Crippen LogP contribution in [0.1, 0.15) is 12.8 Å². The van der Waals surface area contributed by atoms with Crippen LogP contribution in [0.5, 0.6) is 0 Å². The molecule has 8 heteroatoms. The Morgan fingerprint density at radius 2 is 1.93 bits per heavy atom. The van der Waals surface area contributed by atoms with Crippen molar-refractivity contribution in [2.75, 3.05) is 0 Å². The predicted octanol–water partition coefficient (Wildman–Crippen LogP) is -0.842. The van der Waals surface area contributed by atoms with Crippen molar-refractivity contribution < 1.29 is 25.0 Å². The summed E-state index contributed by atoms with van der Waals surface area (Å²) in [5.41, 5.74) is 1.55. The summed E-state index contributed by atoms with van der Waals surface area (Å²) in [5, 5.41) is 27.2. The molecule has 0 rings (SSSR count). The number of hydrogen-bond donors (Lipinski definition) is 5. The van der Waals surface area contributed by atoms with Crippen LogP contribution < -0.4 is 10.8 Å². The number of hydroxylamine groups is 1. The van der Waals surface area contributed by atoms with Crippen molar-refractivity contribution >= 4 is 29.3 Å². The zero-order valence-corrected chi connectivity index (χ0v) is 7.87. The van der Waals surface area contributed by atoms with Gasteiger partial charge in [0.1, 0.15) is 6.04 Å². The first-order valence-electron chi connectivity index (χ1n) is 3.62. The summed E-state index contributed by atoms with van der Waals surface area (Å²) >= 11 is 4.45.